The quantitative estimate of drug-likeness (QED) is 0.739. The molecular weight excluding hydrogens is 372 g/mol. The number of aromatic nitrogens is 1. The van der Waals surface area contributed by atoms with Crippen LogP contribution in [0.25, 0.3) is 0 Å². The first-order valence-electron chi connectivity index (χ1n) is 6.79. The standard InChI is InChI=1S/C16H14BrF2NO3/c1-10-14(15(21)12(17)7-20(10)8-13(18)19)16(22)23-9-11-5-3-2-4-6-11/h2-7,13H,8-9H2,1H3. The first kappa shape index (κ1) is 17.3. The molecule has 0 fully saturated rings. The molecule has 0 spiro atoms. The highest BCUT2D eigenvalue weighted by Crippen LogP contribution is 2.14. The molecule has 4 nitrogen and oxygen atoms in total. The van der Waals surface area contributed by atoms with Crippen LogP contribution < -0.4 is 5.43 Å². The van der Waals surface area contributed by atoms with Gasteiger partial charge in [0.15, 0.2) is 0 Å². The second kappa shape index (κ2) is 7.50. The molecule has 0 saturated heterocycles. The third-order valence-corrected chi connectivity index (χ3v) is 3.82. The molecule has 2 rings (SSSR count). The minimum Gasteiger partial charge on any atom is -0.457 e. The molecule has 0 N–H and O–H groups in total. The zero-order valence-corrected chi connectivity index (χ0v) is 13.8. The zero-order chi connectivity index (χ0) is 17.0. The summed E-state index contributed by atoms with van der Waals surface area (Å²) in [5.41, 5.74) is 0.0972. The fourth-order valence-electron chi connectivity index (χ4n) is 2.09. The zero-order valence-electron chi connectivity index (χ0n) is 12.3. The number of halogens is 3. The Bertz CT molecular complexity index is 760. The smallest absolute Gasteiger partial charge is 0.344 e. The highest BCUT2D eigenvalue weighted by atomic mass is 79.9. The molecule has 0 radical (unpaired) electrons. The maximum Gasteiger partial charge on any atom is 0.344 e. The number of rotatable bonds is 5. The molecule has 0 atom stereocenters. The average Bonchev–Trinajstić information content (AvgIpc) is 2.51. The highest BCUT2D eigenvalue weighted by Gasteiger charge is 2.21. The largest absolute Gasteiger partial charge is 0.457 e. The van der Waals surface area contributed by atoms with Crippen LogP contribution >= 0.6 is 15.9 Å². The third kappa shape index (κ3) is 4.25. The molecule has 0 aliphatic heterocycles. The van der Waals surface area contributed by atoms with Crippen molar-refractivity contribution >= 4 is 21.9 Å². The van der Waals surface area contributed by atoms with Gasteiger partial charge < -0.3 is 9.30 Å². The van der Waals surface area contributed by atoms with Gasteiger partial charge in [0.1, 0.15) is 12.2 Å². The van der Waals surface area contributed by atoms with E-state index in [-0.39, 0.29) is 22.3 Å². The molecule has 1 aromatic carbocycles. The Hall–Kier alpha value is -2.02. The molecule has 23 heavy (non-hydrogen) atoms. The summed E-state index contributed by atoms with van der Waals surface area (Å²) in [5, 5.41) is 0. The van der Waals surface area contributed by atoms with Crippen molar-refractivity contribution < 1.29 is 18.3 Å². The van der Waals surface area contributed by atoms with Crippen LogP contribution in [-0.4, -0.2) is 17.0 Å². The summed E-state index contributed by atoms with van der Waals surface area (Å²) in [4.78, 5) is 24.3. The fourth-order valence-corrected chi connectivity index (χ4v) is 2.54. The summed E-state index contributed by atoms with van der Waals surface area (Å²) in [5.74, 6) is -0.833. The van der Waals surface area contributed by atoms with E-state index in [1.807, 2.05) is 6.07 Å². The van der Waals surface area contributed by atoms with Crippen molar-refractivity contribution in [3.8, 4) is 0 Å². The molecule has 0 bridgehead atoms. The van der Waals surface area contributed by atoms with E-state index in [0.29, 0.717) is 0 Å². The molecule has 0 unspecified atom stereocenters. The lowest BCUT2D eigenvalue weighted by atomic mass is 10.2. The van der Waals surface area contributed by atoms with Gasteiger partial charge in [-0.1, -0.05) is 30.3 Å². The number of carbonyl (C=O) groups excluding carboxylic acids is 1. The molecule has 0 aliphatic rings. The minimum absolute atomic E-state index is 0.0000854. The van der Waals surface area contributed by atoms with Gasteiger partial charge >= 0.3 is 5.97 Å². The Labute approximate surface area is 139 Å². The SMILES string of the molecule is Cc1c(C(=O)OCc2ccccc2)c(=O)c(Br)cn1CC(F)F. The fraction of sp³-hybridized carbons (Fsp3) is 0.250. The lowest BCUT2D eigenvalue weighted by molar-refractivity contribution is 0.0467. The van der Waals surface area contributed by atoms with Crippen LogP contribution in [-0.2, 0) is 17.9 Å². The number of hydrogen-bond acceptors (Lipinski definition) is 3. The van der Waals surface area contributed by atoms with Crippen molar-refractivity contribution in [2.24, 2.45) is 0 Å². The summed E-state index contributed by atoms with van der Waals surface area (Å²) < 4.78 is 31.5. The molecular formula is C16H14BrF2NO3. The Balaban J connectivity index is 2.28. The molecule has 0 aliphatic carbocycles. The van der Waals surface area contributed by atoms with Crippen molar-refractivity contribution in [2.45, 2.75) is 26.5 Å². The maximum atomic E-state index is 12.6. The number of hydrogen-bond donors (Lipinski definition) is 0. The van der Waals surface area contributed by atoms with Gasteiger partial charge in [-0.3, -0.25) is 4.79 Å². The van der Waals surface area contributed by atoms with E-state index in [1.165, 1.54) is 13.1 Å². The summed E-state index contributed by atoms with van der Waals surface area (Å²) in [6.07, 6.45) is -1.35. The van der Waals surface area contributed by atoms with Crippen LogP contribution in [0.1, 0.15) is 21.6 Å². The van der Waals surface area contributed by atoms with Crippen LogP contribution in [0.2, 0.25) is 0 Å². The summed E-state index contributed by atoms with van der Waals surface area (Å²) in [6.45, 7) is 0.832. The normalized spacial score (nSPS) is 10.8. The van der Waals surface area contributed by atoms with Crippen LogP contribution in [0.3, 0.4) is 0 Å². The van der Waals surface area contributed by atoms with Gasteiger partial charge in [0.05, 0.1) is 11.0 Å². The van der Waals surface area contributed by atoms with E-state index in [9.17, 15) is 18.4 Å². The Kier molecular flexibility index (Phi) is 5.65. The summed E-state index contributed by atoms with van der Waals surface area (Å²) in [7, 11) is 0. The van der Waals surface area contributed by atoms with Crippen molar-refractivity contribution in [1.82, 2.24) is 4.57 Å². The second-order valence-corrected chi connectivity index (χ2v) is 5.73. The van der Waals surface area contributed by atoms with E-state index < -0.39 is 24.4 Å². The molecule has 0 amide bonds. The van der Waals surface area contributed by atoms with Crippen LogP contribution in [0, 0.1) is 6.92 Å². The van der Waals surface area contributed by atoms with E-state index in [2.05, 4.69) is 15.9 Å². The number of carbonyl (C=O) groups is 1. The van der Waals surface area contributed by atoms with Crippen LogP contribution in [0.4, 0.5) is 8.78 Å². The van der Waals surface area contributed by atoms with Gasteiger partial charge in [0.2, 0.25) is 5.43 Å². The Morgan fingerprint density at radius 2 is 1.96 bits per heavy atom. The molecule has 1 aromatic heterocycles. The predicted octanol–water partition coefficient (Wildman–Crippen LogP) is 3.54. The highest BCUT2D eigenvalue weighted by molar-refractivity contribution is 9.10. The van der Waals surface area contributed by atoms with E-state index in [0.717, 1.165) is 10.1 Å². The number of ether oxygens (including phenoxy) is 1. The number of pyridine rings is 1. The van der Waals surface area contributed by atoms with Crippen molar-refractivity contribution in [1.29, 1.82) is 0 Å². The van der Waals surface area contributed by atoms with E-state index >= 15 is 0 Å². The van der Waals surface area contributed by atoms with Gasteiger partial charge in [-0.25, -0.2) is 13.6 Å². The topological polar surface area (TPSA) is 48.3 Å². The van der Waals surface area contributed by atoms with Gasteiger partial charge in [-0.15, -0.1) is 0 Å². The van der Waals surface area contributed by atoms with Gasteiger partial charge in [-0.05, 0) is 28.4 Å². The van der Waals surface area contributed by atoms with Crippen LogP contribution in [0.15, 0.2) is 45.8 Å². The average molecular weight is 386 g/mol. The monoisotopic (exact) mass is 385 g/mol. The Morgan fingerprint density at radius 3 is 2.57 bits per heavy atom. The van der Waals surface area contributed by atoms with Crippen LogP contribution in [0.5, 0.6) is 0 Å². The Morgan fingerprint density at radius 1 is 1.30 bits per heavy atom. The number of esters is 1. The maximum absolute atomic E-state index is 12.6. The van der Waals surface area contributed by atoms with Crippen molar-refractivity contribution in [3.63, 3.8) is 0 Å². The van der Waals surface area contributed by atoms with E-state index in [1.54, 1.807) is 24.3 Å². The molecule has 7 heteroatoms. The predicted molar refractivity (Wildman–Crippen MR) is 84.7 cm³/mol. The molecule has 122 valence electrons. The molecule has 0 saturated carbocycles. The first-order chi connectivity index (χ1) is 10.9. The van der Waals surface area contributed by atoms with Gasteiger partial charge in [-0.2, -0.15) is 0 Å². The second-order valence-electron chi connectivity index (χ2n) is 4.87. The summed E-state index contributed by atoms with van der Waals surface area (Å²) in [6, 6.07) is 8.96. The molecule has 2 aromatic rings. The minimum atomic E-state index is -2.60. The first-order valence-corrected chi connectivity index (χ1v) is 7.58. The van der Waals surface area contributed by atoms with Crippen molar-refractivity contribution in [3.05, 3.63) is 68.0 Å². The number of nitrogens with zero attached hydrogens (tertiary/aromatic N) is 1. The van der Waals surface area contributed by atoms with Crippen molar-refractivity contribution in [2.75, 3.05) is 0 Å². The van der Waals surface area contributed by atoms with Gasteiger partial charge in [0, 0.05) is 11.9 Å². The van der Waals surface area contributed by atoms with Gasteiger partial charge in [0.25, 0.3) is 6.43 Å². The lowest BCUT2D eigenvalue weighted by Gasteiger charge is -2.14. The third-order valence-electron chi connectivity index (χ3n) is 3.26. The van der Waals surface area contributed by atoms with E-state index in [4.69, 9.17) is 4.74 Å². The number of alkyl halides is 2. The lowest BCUT2D eigenvalue weighted by Crippen LogP contribution is -2.25. The molecule has 1 heterocycles. The number of benzene rings is 1. The summed E-state index contributed by atoms with van der Waals surface area (Å²) >= 11 is 3.00.